The molecule has 0 unspecified atom stereocenters. The summed E-state index contributed by atoms with van der Waals surface area (Å²) in [5.41, 5.74) is 0. The molecule has 6 heteroatoms. The lowest BCUT2D eigenvalue weighted by atomic mass is 9.78. The number of aromatic nitrogens is 3. The van der Waals surface area contributed by atoms with Crippen LogP contribution in [0.15, 0.2) is 0 Å². The van der Waals surface area contributed by atoms with E-state index in [0.29, 0.717) is 24.4 Å². The molecular weight excluding hydrogens is 314 g/mol. The van der Waals surface area contributed by atoms with Crippen molar-refractivity contribution in [2.75, 3.05) is 19.6 Å². The molecular formula is C19H29N5O. The summed E-state index contributed by atoms with van der Waals surface area (Å²) in [5.74, 6) is 3.98. The third-order valence-electron chi connectivity index (χ3n) is 6.73. The van der Waals surface area contributed by atoms with E-state index >= 15 is 0 Å². The Morgan fingerprint density at radius 1 is 0.960 bits per heavy atom. The van der Waals surface area contributed by atoms with E-state index in [0.717, 1.165) is 37.9 Å². The van der Waals surface area contributed by atoms with Crippen LogP contribution in [0.2, 0.25) is 0 Å². The van der Waals surface area contributed by atoms with Crippen LogP contribution in [0, 0.1) is 5.92 Å². The fourth-order valence-electron chi connectivity index (χ4n) is 5.23. The van der Waals surface area contributed by atoms with Crippen LogP contribution in [0.4, 0.5) is 0 Å². The number of fused-ring (bicyclic) bond motifs is 2. The Morgan fingerprint density at radius 3 is 2.68 bits per heavy atom. The van der Waals surface area contributed by atoms with Crippen molar-refractivity contribution in [3.8, 4) is 0 Å². The first-order chi connectivity index (χ1) is 12.3. The summed E-state index contributed by atoms with van der Waals surface area (Å²) in [5, 5.41) is 8.81. The molecule has 2 aliphatic heterocycles. The van der Waals surface area contributed by atoms with Crippen molar-refractivity contribution >= 4 is 5.91 Å². The minimum absolute atomic E-state index is 0.340. The lowest BCUT2D eigenvalue weighted by molar-refractivity contribution is -0.139. The van der Waals surface area contributed by atoms with Gasteiger partial charge in [-0.1, -0.05) is 12.8 Å². The average molecular weight is 343 g/mol. The van der Waals surface area contributed by atoms with Gasteiger partial charge < -0.3 is 9.47 Å². The summed E-state index contributed by atoms with van der Waals surface area (Å²) in [6.07, 6.45) is 10.2. The molecule has 0 spiro atoms. The lowest BCUT2D eigenvalue weighted by Crippen LogP contribution is -2.53. The smallest absolute Gasteiger partial charge is 0.237 e. The maximum Gasteiger partial charge on any atom is 0.237 e. The zero-order valence-corrected chi connectivity index (χ0v) is 15.1. The van der Waals surface area contributed by atoms with E-state index in [2.05, 4.69) is 24.6 Å². The van der Waals surface area contributed by atoms with Crippen LogP contribution in [-0.4, -0.2) is 56.1 Å². The highest BCUT2D eigenvalue weighted by molar-refractivity contribution is 5.78. The SMILES string of the molecule is O=C(CN1CCn2c(nnc2C2CC2)C1)N1CCC[C@H]2CCCC[C@H]21. The second-order valence-electron chi connectivity index (χ2n) is 8.45. The number of piperidine rings is 1. The van der Waals surface area contributed by atoms with Crippen molar-refractivity contribution < 1.29 is 4.79 Å². The molecule has 1 aromatic heterocycles. The molecule has 2 atom stereocenters. The highest BCUT2D eigenvalue weighted by Crippen LogP contribution is 2.39. The summed E-state index contributed by atoms with van der Waals surface area (Å²) in [6.45, 7) is 4.17. The molecule has 3 heterocycles. The molecule has 1 saturated heterocycles. The first-order valence-corrected chi connectivity index (χ1v) is 10.2. The molecule has 136 valence electrons. The quantitative estimate of drug-likeness (QED) is 0.844. The molecule has 0 radical (unpaired) electrons. The Hall–Kier alpha value is -1.43. The second kappa shape index (κ2) is 6.38. The minimum Gasteiger partial charge on any atom is -0.338 e. The maximum atomic E-state index is 13.0. The van der Waals surface area contributed by atoms with Crippen molar-refractivity contribution in [2.45, 2.75) is 76.4 Å². The third-order valence-corrected chi connectivity index (χ3v) is 6.73. The summed E-state index contributed by atoms with van der Waals surface area (Å²) in [7, 11) is 0. The van der Waals surface area contributed by atoms with Gasteiger partial charge in [-0.05, 0) is 44.4 Å². The Kier molecular flexibility index (Phi) is 4.03. The second-order valence-corrected chi connectivity index (χ2v) is 8.45. The number of hydrogen-bond donors (Lipinski definition) is 0. The van der Waals surface area contributed by atoms with Gasteiger partial charge in [0, 0.05) is 31.6 Å². The van der Waals surface area contributed by atoms with Crippen LogP contribution in [0.25, 0.3) is 0 Å². The number of hydrogen-bond acceptors (Lipinski definition) is 4. The minimum atomic E-state index is 0.340. The van der Waals surface area contributed by atoms with Crippen LogP contribution in [0.5, 0.6) is 0 Å². The third kappa shape index (κ3) is 2.98. The van der Waals surface area contributed by atoms with E-state index in [9.17, 15) is 4.79 Å². The first-order valence-electron chi connectivity index (χ1n) is 10.2. The predicted octanol–water partition coefficient (Wildman–Crippen LogP) is 2.15. The van der Waals surface area contributed by atoms with Crippen molar-refractivity contribution in [3.05, 3.63) is 11.6 Å². The van der Waals surface area contributed by atoms with Gasteiger partial charge in [-0.3, -0.25) is 9.69 Å². The first kappa shape index (κ1) is 15.8. The summed E-state index contributed by atoms with van der Waals surface area (Å²) in [4.78, 5) is 17.5. The normalized spacial score (nSPS) is 30.0. The molecule has 6 nitrogen and oxygen atoms in total. The predicted molar refractivity (Wildman–Crippen MR) is 94.0 cm³/mol. The highest BCUT2D eigenvalue weighted by atomic mass is 16.2. The molecule has 3 fully saturated rings. The van der Waals surface area contributed by atoms with Crippen molar-refractivity contribution in [3.63, 3.8) is 0 Å². The fraction of sp³-hybridized carbons (Fsp3) is 0.842. The molecule has 5 rings (SSSR count). The molecule has 1 amide bonds. The number of carbonyl (C=O) groups excluding carboxylic acids is 1. The molecule has 25 heavy (non-hydrogen) atoms. The van der Waals surface area contributed by atoms with Gasteiger partial charge >= 0.3 is 0 Å². The maximum absolute atomic E-state index is 13.0. The van der Waals surface area contributed by atoms with E-state index in [1.807, 2.05) is 0 Å². The monoisotopic (exact) mass is 343 g/mol. The average Bonchev–Trinajstić information content (AvgIpc) is 3.40. The van der Waals surface area contributed by atoms with Crippen LogP contribution in [0.3, 0.4) is 0 Å². The van der Waals surface area contributed by atoms with E-state index in [1.54, 1.807) is 0 Å². The summed E-state index contributed by atoms with van der Waals surface area (Å²) < 4.78 is 2.30. The fourth-order valence-corrected chi connectivity index (χ4v) is 5.23. The van der Waals surface area contributed by atoms with Gasteiger partial charge in [0.25, 0.3) is 0 Å². The zero-order valence-electron chi connectivity index (χ0n) is 15.1. The van der Waals surface area contributed by atoms with Crippen molar-refractivity contribution in [1.82, 2.24) is 24.6 Å². The number of rotatable bonds is 3. The van der Waals surface area contributed by atoms with Crippen LogP contribution >= 0.6 is 0 Å². The van der Waals surface area contributed by atoms with Gasteiger partial charge in [0.1, 0.15) is 11.6 Å². The molecule has 1 aromatic rings. The standard InChI is InChI=1S/C19H29N5O/c25-18(23-9-3-5-14-4-1-2-6-16(14)23)13-22-10-11-24-17(12-22)20-21-19(24)15-7-8-15/h14-16H,1-13H2/t14-,16-/m1/s1. The van der Waals surface area contributed by atoms with E-state index in [1.165, 1.54) is 57.2 Å². The number of likely N-dealkylation sites (tertiary alicyclic amines) is 1. The van der Waals surface area contributed by atoms with Crippen LogP contribution < -0.4 is 0 Å². The van der Waals surface area contributed by atoms with Gasteiger partial charge in [0.2, 0.25) is 5.91 Å². The molecule has 0 aromatic carbocycles. The summed E-state index contributed by atoms with van der Waals surface area (Å²) in [6, 6.07) is 0.518. The molecule has 0 N–H and O–H groups in total. The Labute approximate surface area is 149 Å². The van der Waals surface area contributed by atoms with Crippen LogP contribution in [0.1, 0.15) is 68.9 Å². The topological polar surface area (TPSA) is 54.3 Å². The van der Waals surface area contributed by atoms with Gasteiger partial charge in [-0.25, -0.2) is 0 Å². The van der Waals surface area contributed by atoms with Gasteiger partial charge in [-0.15, -0.1) is 10.2 Å². The number of carbonyl (C=O) groups is 1. The Bertz CT molecular complexity index is 650. The number of amides is 1. The zero-order chi connectivity index (χ0) is 16.8. The van der Waals surface area contributed by atoms with Crippen molar-refractivity contribution in [1.29, 1.82) is 0 Å². The molecule has 4 aliphatic rings. The van der Waals surface area contributed by atoms with E-state index in [-0.39, 0.29) is 0 Å². The highest BCUT2D eigenvalue weighted by Gasteiger charge is 2.37. The van der Waals surface area contributed by atoms with Crippen LogP contribution in [-0.2, 0) is 17.9 Å². The molecule has 0 bridgehead atoms. The van der Waals surface area contributed by atoms with Gasteiger partial charge in [-0.2, -0.15) is 0 Å². The van der Waals surface area contributed by atoms with E-state index < -0.39 is 0 Å². The van der Waals surface area contributed by atoms with Gasteiger partial charge in [0.05, 0.1) is 13.1 Å². The Balaban J connectivity index is 1.23. The largest absolute Gasteiger partial charge is 0.338 e. The number of nitrogens with zero attached hydrogens (tertiary/aromatic N) is 5. The van der Waals surface area contributed by atoms with E-state index in [4.69, 9.17) is 0 Å². The van der Waals surface area contributed by atoms with Gasteiger partial charge in [0.15, 0.2) is 0 Å². The lowest BCUT2D eigenvalue weighted by Gasteiger charge is -2.44. The van der Waals surface area contributed by atoms with Crippen molar-refractivity contribution in [2.24, 2.45) is 5.92 Å². The summed E-state index contributed by atoms with van der Waals surface area (Å²) >= 11 is 0. The molecule has 2 saturated carbocycles. The molecule has 2 aliphatic carbocycles. The Morgan fingerprint density at radius 2 is 1.80 bits per heavy atom.